The maximum absolute atomic E-state index is 8.36. The predicted octanol–water partition coefficient (Wildman–Crippen LogP) is -1.26. The van der Waals surface area contributed by atoms with Gasteiger partial charge in [-0.1, -0.05) is 0 Å². The standard InChI is InChI=1S/Eu.HNO3.Pr.Sr.2H/c;2-1(3)4;;;;/h;(H,2,3,4);;;;. The van der Waals surface area contributed by atoms with E-state index >= 15 is 0 Å². The first-order valence-corrected chi connectivity index (χ1v) is 0.565. The second kappa shape index (κ2) is 16.3. The van der Waals surface area contributed by atoms with Crippen LogP contribution in [0.25, 0.3) is 0 Å². The van der Waals surface area contributed by atoms with E-state index in [9.17, 15) is 0 Å². The fourth-order valence-corrected chi connectivity index (χ4v) is 0. The number of rotatable bonds is 0. The van der Waals surface area contributed by atoms with E-state index in [4.69, 9.17) is 15.3 Å². The number of nitrogens with zero attached hydrogens (tertiary/aromatic N) is 1. The van der Waals surface area contributed by atoms with Crippen molar-refractivity contribution in [3.63, 3.8) is 0 Å². The second-order valence-electron chi connectivity index (χ2n) is 0.238. The van der Waals surface area contributed by atoms with Gasteiger partial charge in [-0.25, -0.2) is 0 Å². The molecular formula is H3EuNO3PrSr. The topological polar surface area (TPSA) is 63.4 Å². The summed E-state index contributed by atoms with van der Waals surface area (Å²) in [6.07, 6.45) is 0. The van der Waals surface area contributed by atoms with E-state index in [2.05, 4.69) is 0 Å². The molecule has 0 aromatic carbocycles. The van der Waals surface area contributed by atoms with Gasteiger partial charge in [0.05, 0.1) is 0 Å². The Balaban J connectivity index is -0.0000000150. The van der Waals surface area contributed by atoms with Gasteiger partial charge in [-0.3, -0.25) is 0 Å². The van der Waals surface area contributed by atoms with Crippen LogP contribution in [0.5, 0.6) is 0 Å². The summed E-state index contributed by atoms with van der Waals surface area (Å²) in [6, 6.07) is 0. The van der Waals surface area contributed by atoms with Crippen LogP contribution >= 0.6 is 0 Å². The van der Waals surface area contributed by atoms with Crippen molar-refractivity contribution in [3.8, 4) is 0 Å². The van der Waals surface area contributed by atoms with Gasteiger partial charge < -0.3 is 5.21 Å². The summed E-state index contributed by atoms with van der Waals surface area (Å²) in [5, 5.41) is 13.6. The molecule has 0 aliphatic rings. The number of hydrogen-bond acceptors (Lipinski definition) is 2. The van der Waals surface area contributed by atoms with Crippen LogP contribution in [0.2, 0.25) is 0 Å². The molecule has 0 spiro atoms. The van der Waals surface area contributed by atoms with Crippen LogP contribution in [-0.4, -0.2) is 55.8 Å². The Hall–Kier alpha value is 3.63. The molecule has 0 aromatic rings. The first kappa shape index (κ1) is 22.4. The SMILES string of the molecule is O=[N+]([O-])O.[Eu].[Pr].[SrH2]. The van der Waals surface area contributed by atoms with E-state index < -0.39 is 5.09 Å². The zero-order valence-electron chi connectivity index (χ0n) is 2.67. The average Bonchev–Trinajstić information content (AvgIpc) is 0.811. The van der Waals surface area contributed by atoms with Gasteiger partial charge in [0.1, 0.15) is 0 Å². The van der Waals surface area contributed by atoms with E-state index in [1.807, 2.05) is 0 Å². The third kappa shape index (κ3) is 42.6. The van der Waals surface area contributed by atoms with Crippen LogP contribution < -0.4 is 0 Å². The summed E-state index contributed by atoms with van der Waals surface area (Å²) in [4.78, 5) is 8.36. The van der Waals surface area contributed by atoms with Crippen molar-refractivity contribution in [2.24, 2.45) is 0 Å². The first-order chi connectivity index (χ1) is 1.73. The van der Waals surface area contributed by atoms with E-state index in [-0.39, 0.29) is 136 Å². The van der Waals surface area contributed by atoms with Gasteiger partial charge in [0, 0.05) is 90.7 Å². The van der Waals surface area contributed by atoms with Crippen molar-refractivity contribution in [1.82, 2.24) is 0 Å². The molecule has 2 radical (unpaired) electrons. The Morgan fingerprint density at radius 1 is 1.57 bits per heavy atom. The Kier molecular flexibility index (Phi) is 52.3. The Morgan fingerprint density at radius 3 is 1.57 bits per heavy atom. The molecule has 1 N–H and O–H groups in total. The fourth-order valence-electron chi connectivity index (χ4n) is 0. The van der Waals surface area contributed by atoms with Gasteiger partial charge in [-0.05, 0) is 0 Å². The van der Waals surface area contributed by atoms with Crippen molar-refractivity contribution in [3.05, 3.63) is 10.1 Å². The monoisotopic (exact) mass is 447 g/mol. The maximum atomic E-state index is 8.36. The summed E-state index contributed by atoms with van der Waals surface area (Å²) in [5.41, 5.74) is 0. The predicted molar refractivity (Wildman–Crippen MR) is 17.3 cm³/mol. The van der Waals surface area contributed by atoms with E-state index in [1.54, 1.807) is 0 Å². The van der Waals surface area contributed by atoms with Crippen LogP contribution in [-0.2, 0) is 0 Å². The first-order valence-electron chi connectivity index (χ1n) is 0.565. The molecule has 0 bridgehead atoms. The molecule has 38 valence electrons. The Bertz CT molecular complexity index is 37.9. The molecule has 0 amide bonds. The quantitative estimate of drug-likeness (QED) is 0.288. The normalized spacial score (nSPS) is 3.43. The van der Waals surface area contributed by atoms with Crippen molar-refractivity contribution < 1.29 is 101 Å². The fraction of sp³-hybridized carbons (Fsp3) is 0. The molecule has 0 saturated heterocycles. The summed E-state index contributed by atoms with van der Waals surface area (Å²) < 4.78 is 0. The third-order valence-electron chi connectivity index (χ3n) is 0. The van der Waals surface area contributed by atoms with E-state index in [0.29, 0.717) is 0 Å². The molecular weight excluding hydrogens is 442 g/mol. The van der Waals surface area contributed by atoms with Gasteiger partial charge in [0.15, 0.2) is 0 Å². The van der Waals surface area contributed by atoms with E-state index in [1.165, 1.54) is 0 Å². The van der Waals surface area contributed by atoms with Gasteiger partial charge in [0.2, 0.25) is 0 Å². The molecule has 0 fully saturated rings. The van der Waals surface area contributed by atoms with Gasteiger partial charge >= 0.3 is 45.5 Å². The second-order valence-corrected chi connectivity index (χ2v) is 0.238. The van der Waals surface area contributed by atoms with Gasteiger partial charge in [-0.2, -0.15) is 0 Å². The summed E-state index contributed by atoms with van der Waals surface area (Å²) in [6.45, 7) is 0. The zero-order valence-corrected chi connectivity index (χ0v) is 8.80. The zero-order chi connectivity index (χ0) is 3.58. The molecule has 0 heterocycles. The summed E-state index contributed by atoms with van der Waals surface area (Å²) >= 11 is 0. The third-order valence-corrected chi connectivity index (χ3v) is 0. The van der Waals surface area contributed by atoms with Crippen molar-refractivity contribution in [1.29, 1.82) is 0 Å². The van der Waals surface area contributed by atoms with Crippen LogP contribution in [0.4, 0.5) is 0 Å². The molecule has 0 aromatic heterocycles. The Morgan fingerprint density at radius 2 is 1.57 bits per heavy atom. The molecule has 0 aliphatic heterocycles. The van der Waals surface area contributed by atoms with Crippen molar-refractivity contribution in [2.75, 3.05) is 0 Å². The van der Waals surface area contributed by atoms with Crippen LogP contribution in [0, 0.1) is 101 Å². The summed E-state index contributed by atoms with van der Waals surface area (Å²) in [5.74, 6) is 0. The number of hydrogen-bond donors (Lipinski definition) is 1. The van der Waals surface area contributed by atoms with Crippen LogP contribution in [0.3, 0.4) is 0 Å². The molecule has 0 atom stereocenters. The van der Waals surface area contributed by atoms with Crippen LogP contribution in [0.1, 0.15) is 0 Å². The van der Waals surface area contributed by atoms with Crippen molar-refractivity contribution >= 4 is 45.5 Å². The van der Waals surface area contributed by atoms with E-state index in [0.717, 1.165) is 0 Å². The molecule has 0 saturated carbocycles. The van der Waals surface area contributed by atoms with Crippen molar-refractivity contribution in [2.45, 2.75) is 0 Å². The Labute approximate surface area is 152 Å². The molecule has 7 heavy (non-hydrogen) atoms. The minimum absolute atomic E-state index is 0. The van der Waals surface area contributed by atoms with Gasteiger partial charge in [0.25, 0.3) is 5.09 Å². The molecule has 4 nitrogen and oxygen atoms in total. The average molecular weight is 446 g/mol. The molecule has 0 aliphatic carbocycles. The minimum atomic E-state index is -1.50. The summed E-state index contributed by atoms with van der Waals surface area (Å²) in [7, 11) is 0. The molecule has 0 rings (SSSR count). The van der Waals surface area contributed by atoms with Gasteiger partial charge in [-0.15, -0.1) is 10.1 Å². The molecule has 0 unspecified atom stereocenters. The van der Waals surface area contributed by atoms with Crippen LogP contribution in [0.15, 0.2) is 0 Å². The molecule has 7 heteroatoms.